The third kappa shape index (κ3) is 6.07. The maximum atomic E-state index is 13.8. The number of amides is 2. The summed E-state index contributed by atoms with van der Waals surface area (Å²) in [5.41, 5.74) is 1.82. The van der Waals surface area contributed by atoms with E-state index in [9.17, 15) is 14.0 Å². The van der Waals surface area contributed by atoms with E-state index in [4.69, 9.17) is 4.42 Å². The van der Waals surface area contributed by atoms with E-state index in [1.165, 1.54) is 29.2 Å². The van der Waals surface area contributed by atoms with Gasteiger partial charge in [0.25, 0.3) is 5.91 Å². The van der Waals surface area contributed by atoms with E-state index in [0.29, 0.717) is 22.8 Å². The zero-order chi connectivity index (χ0) is 27.2. The van der Waals surface area contributed by atoms with Crippen molar-refractivity contribution >= 4 is 17.5 Å². The van der Waals surface area contributed by atoms with Gasteiger partial charge in [0.15, 0.2) is 5.76 Å². The second kappa shape index (κ2) is 11.5. The molecular formula is C29H25FN6O3. The van der Waals surface area contributed by atoms with E-state index < -0.39 is 23.7 Å². The van der Waals surface area contributed by atoms with Gasteiger partial charge < -0.3 is 9.73 Å². The summed E-state index contributed by atoms with van der Waals surface area (Å²) >= 11 is 0. The standard InChI is InChI=1S/C29H25FN6O3/c1-20-12-17-25(39-20)28-32-34-35(33-28)19-26(37)36(24-10-6-3-7-11-24)27(22-13-15-23(30)16-14-22)29(38)31-18-21-8-4-2-5-9-21/h2-17,27H,18-19H2,1H3,(H,31,38)/t27-/m1/s1. The lowest BCUT2D eigenvalue weighted by Crippen LogP contribution is -2.45. The van der Waals surface area contributed by atoms with Gasteiger partial charge >= 0.3 is 0 Å². The molecule has 2 aromatic heterocycles. The lowest BCUT2D eigenvalue weighted by Gasteiger charge is -2.31. The van der Waals surface area contributed by atoms with Crippen LogP contribution in [-0.4, -0.2) is 32.0 Å². The Hall–Kier alpha value is -5.12. The third-order valence-electron chi connectivity index (χ3n) is 6.00. The van der Waals surface area contributed by atoms with Crippen molar-refractivity contribution in [1.29, 1.82) is 0 Å². The zero-order valence-corrected chi connectivity index (χ0v) is 21.1. The van der Waals surface area contributed by atoms with Crippen LogP contribution in [-0.2, 0) is 22.7 Å². The van der Waals surface area contributed by atoms with Gasteiger partial charge in [-0.15, -0.1) is 10.2 Å². The molecule has 39 heavy (non-hydrogen) atoms. The number of nitrogens with one attached hydrogen (secondary N) is 1. The lowest BCUT2D eigenvalue weighted by atomic mass is 10.0. The average molecular weight is 525 g/mol. The molecule has 0 radical (unpaired) electrons. The van der Waals surface area contributed by atoms with Gasteiger partial charge in [-0.25, -0.2) is 4.39 Å². The van der Waals surface area contributed by atoms with Crippen LogP contribution in [0.2, 0.25) is 0 Å². The van der Waals surface area contributed by atoms with Gasteiger partial charge in [-0.3, -0.25) is 14.5 Å². The molecule has 9 nitrogen and oxygen atoms in total. The number of hydrogen-bond acceptors (Lipinski definition) is 6. The molecule has 0 fully saturated rings. The Morgan fingerprint density at radius 3 is 2.31 bits per heavy atom. The topological polar surface area (TPSA) is 106 Å². The minimum atomic E-state index is -1.10. The summed E-state index contributed by atoms with van der Waals surface area (Å²) in [5.74, 6) is 0.00277. The molecule has 10 heteroatoms. The molecule has 5 aromatic rings. The van der Waals surface area contributed by atoms with Crippen LogP contribution in [0.25, 0.3) is 11.6 Å². The molecule has 0 saturated carbocycles. The average Bonchev–Trinajstić information content (AvgIpc) is 3.61. The summed E-state index contributed by atoms with van der Waals surface area (Å²) < 4.78 is 19.4. The summed E-state index contributed by atoms with van der Waals surface area (Å²) in [6.07, 6.45) is 0. The highest BCUT2D eigenvalue weighted by molar-refractivity contribution is 6.01. The van der Waals surface area contributed by atoms with Crippen molar-refractivity contribution in [2.75, 3.05) is 4.90 Å². The minimum Gasteiger partial charge on any atom is -0.458 e. The van der Waals surface area contributed by atoms with Crippen LogP contribution in [0.15, 0.2) is 101 Å². The van der Waals surface area contributed by atoms with Crippen LogP contribution in [0, 0.1) is 12.7 Å². The molecule has 0 unspecified atom stereocenters. The smallest absolute Gasteiger partial charge is 0.251 e. The Morgan fingerprint density at radius 2 is 1.64 bits per heavy atom. The molecule has 2 heterocycles. The van der Waals surface area contributed by atoms with Crippen LogP contribution in [0.5, 0.6) is 0 Å². The van der Waals surface area contributed by atoms with Crippen molar-refractivity contribution in [3.63, 3.8) is 0 Å². The van der Waals surface area contributed by atoms with Crippen molar-refractivity contribution in [2.45, 2.75) is 26.1 Å². The second-order valence-corrected chi connectivity index (χ2v) is 8.81. The fraction of sp³-hybridized carbons (Fsp3) is 0.138. The summed E-state index contributed by atoms with van der Waals surface area (Å²) in [6.45, 7) is 1.75. The Bertz CT molecular complexity index is 1550. The van der Waals surface area contributed by atoms with E-state index in [2.05, 4.69) is 20.7 Å². The predicted octanol–water partition coefficient (Wildman–Crippen LogP) is 4.47. The third-order valence-corrected chi connectivity index (χ3v) is 6.00. The molecule has 3 aromatic carbocycles. The SMILES string of the molecule is Cc1ccc(-c2nnn(CC(=O)N(c3ccccc3)[C@@H](C(=O)NCc3ccccc3)c3ccc(F)cc3)n2)o1. The monoisotopic (exact) mass is 524 g/mol. The first-order chi connectivity index (χ1) is 19.0. The number of tetrazole rings is 1. The number of nitrogens with zero attached hydrogens (tertiary/aromatic N) is 5. The van der Waals surface area contributed by atoms with Crippen LogP contribution in [0.1, 0.15) is 22.9 Å². The van der Waals surface area contributed by atoms with Crippen LogP contribution >= 0.6 is 0 Å². The van der Waals surface area contributed by atoms with Crippen molar-refractivity contribution in [2.24, 2.45) is 0 Å². The number of furan rings is 1. The Balaban J connectivity index is 1.48. The Morgan fingerprint density at radius 1 is 0.949 bits per heavy atom. The van der Waals surface area contributed by atoms with Crippen molar-refractivity contribution in [3.05, 3.63) is 120 Å². The Labute approximate surface area is 223 Å². The molecule has 2 amide bonds. The van der Waals surface area contributed by atoms with Crippen LogP contribution in [0.4, 0.5) is 10.1 Å². The van der Waals surface area contributed by atoms with Crippen LogP contribution in [0.3, 0.4) is 0 Å². The van der Waals surface area contributed by atoms with E-state index >= 15 is 0 Å². The first-order valence-electron chi connectivity index (χ1n) is 12.3. The molecule has 1 N–H and O–H groups in total. The number of halogens is 1. The first kappa shape index (κ1) is 25.5. The molecule has 196 valence electrons. The largest absolute Gasteiger partial charge is 0.458 e. The van der Waals surface area contributed by atoms with Gasteiger partial charge in [-0.2, -0.15) is 4.80 Å². The zero-order valence-electron chi connectivity index (χ0n) is 21.1. The van der Waals surface area contributed by atoms with Crippen molar-refractivity contribution in [3.8, 4) is 11.6 Å². The summed E-state index contributed by atoms with van der Waals surface area (Å²) in [6, 6.07) is 26.1. The van der Waals surface area contributed by atoms with Crippen LogP contribution < -0.4 is 10.2 Å². The first-order valence-corrected chi connectivity index (χ1v) is 12.3. The molecule has 0 aliphatic rings. The van der Waals surface area contributed by atoms with E-state index in [1.54, 1.807) is 43.3 Å². The molecule has 0 spiro atoms. The number of rotatable bonds is 9. The van der Waals surface area contributed by atoms with Gasteiger partial charge in [-0.05, 0) is 59.7 Å². The molecule has 0 saturated heterocycles. The number of aryl methyl sites for hydroxylation is 1. The maximum absolute atomic E-state index is 13.8. The Kier molecular flexibility index (Phi) is 7.53. The number of benzene rings is 3. The molecule has 0 aliphatic heterocycles. The summed E-state index contributed by atoms with van der Waals surface area (Å²) in [5, 5.41) is 15.2. The number of anilines is 1. The fourth-order valence-corrected chi connectivity index (χ4v) is 4.13. The molecular weight excluding hydrogens is 499 g/mol. The number of aromatic nitrogens is 4. The summed E-state index contributed by atoms with van der Waals surface area (Å²) in [4.78, 5) is 30.1. The predicted molar refractivity (Wildman–Crippen MR) is 142 cm³/mol. The molecule has 5 rings (SSSR count). The normalized spacial score (nSPS) is 11.6. The number of carbonyl (C=O) groups is 2. The maximum Gasteiger partial charge on any atom is 0.251 e. The van der Waals surface area contributed by atoms with E-state index in [-0.39, 0.29) is 18.9 Å². The highest BCUT2D eigenvalue weighted by Gasteiger charge is 2.33. The second-order valence-electron chi connectivity index (χ2n) is 8.81. The number of carbonyl (C=O) groups excluding carboxylic acids is 2. The van der Waals surface area contributed by atoms with E-state index in [1.807, 2.05) is 36.4 Å². The number of para-hydroxylation sites is 1. The number of hydrogen-bond donors (Lipinski definition) is 1. The van der Waals surface area contributed by atoms with Gasteiger partial charge in [0.1, 0.15) is 24.2 Å². The lowest BCUT2D eigenvalue weighted by molar-refractivity contribution is -0.127. The van der Waals surface area contributed by atoms with Crippen molar-refractivity contribution in [1.82, 2.24) is 25.5 Å². The van der Waals surface area contributed by atoms with Gasteiger partial charge in [-0.1, -0.05) is 60.7 Å². The van der Waals surface area contributed by atoms with Gasteiger partial charge in [0.2, 0.25) is 11.7 Å². The molecule has 1 atom stereocenters. The van der Waals surface area contributed by atoms with Gasteiger partial charge in [0.05, 0.1) is 0 Å². The molecule has 0 aliphatic carbocycles. The highest BCUT2D eigenvalue weighted by atomic mass is 19.1. The fourth-order valence-electron chi connectivity index (χ4n) is 4.13. The van der Waals surface area contributed by atoms with Gasteiger partial charge in [0, 0.05) is 12.2 Å². The van der Waals surface area contributed by atoms with E-state index in [0.717, 1.165) is 10.4 Å². The molecule has 0 bridgehead atoms. The summed E-state index contributed by atoms with van der Waals surface area (Å²) in [7, 11) is 0. The van der Waals surface area contributed by atoms with Crippen molar-refractivity contribution < 1.29 is 18.4 Å². The quantitative estimate of drug-likeness (QED) is 0.305. The highest BCUT2D eigenvalue weighted by Crippen LogP contribution is 2.29. The minimum absolute atomic E-state index is 0.234.